The molecule has 7 nitrogen and oxygen atoms in total. The summed E-state index contributed by atoms with van der Waals surface area (Å²) in [5.74, 6) is -0.403. The van der Waals surface area contributed by atoms with Crippen LogP contribution in [0.2, 0.25) is 0 Å². The molecular formula is C21H12N4O3. The van der Waals surface area contributed by atoms with Gasteiger partial charge < -0.3 is 14.6 Å². The summed E-state index contributed by atoms with van der Waals surface area (Å²) in [5, 5.41) is 18.6. The van der Waals surface area contributed by atoms with Gasteiger partial charge in [0, 0.05) is 28.7 Å². The smallest absolute Gasteiger partial charge is 0.224 e. The third-order valence-electron chi connectivity index (χ3n) is 5.04. The quantitative estimate of drug-likeness (QED) is 0.405. The average molecular weight is 368 g/mol. The minimum Gasteiger partial charge on any atom is -0.502 e. The highest BCUT2D eigenvalue weighted by atomic mass is 16.4. The van der Waals surface area contributed by atoms with Crippen LogP contribution in [0.1, 0.15) is 0 Å². The van der Waals surface area contributed by atoms with E-state index in [0.717, 1.165) is 27.4 Å². The molecule has 0 aliphatic carbocycles. The Morgan fingerprint density at radius 2 is 1.96 bits per heavy atom. The SMILES string of the molecule is O=c1ccc2c(oc3c(-c4ccc5ncccc5c4)c4c[nH][nH]c4nc32)c1O. The van der Waals surface area contributed by atoms with Gasteiger partial charge in [0.2, 0.25) is 11.2 Å². The summed E-state index contributed by atoms with van der Waals surface area (Å²) in [6, 6.07) is 12.8. The molecule has 6 aromatic rings. The second-order valence-electron chi connectivity index (χ2n) is 6.64. The second-order valence-corrected chi connectivity index (χ2v) is 6.64. The molecule has 0 saturated heterocycles. The molecule has 0 spiro atoms. The summed E-state index contributed by atoms with van der Waals surface area (Å²) in [7, 11) is 0. The van der Waals surface area contributed by atoms with E-state index in [0.29, 0.717) is 22.1 Å². The number of phenols is 1. The largest absolute Gasteiger partial charge is 0.502 e. The maximum Gasteiger partial charge on any atom is 0.224 e. The molecule has 0 unspecified atom stereocenters. The number of H-pyrrole nitrogens is 2. The van der Waals surface area contributed by atoms with Gasteiger partial charge in [0.1, 0.15) is 5.52 Å². The molecule has 2 aromatic carbocycles. The highest BCUT2D eigenvalue weighted by Gasteiger charge is 2.21. The van der Waals surface area contributed by atoms with Crippen LogP contribution in [0.25, 0.3) is 55.1 Å². The number of nitrogens with one attached hydrogen (secondary N) is 2. The van der Waals surface area contributed by atoms with E-state index >= 15 is 0 Å². The first-order valence-electron chi connectivity index (χ1n) is 8.70. The first-order chi connectivity index (χ1) is 13.7. The number of aromatic nitrogens is 4. The lowest BCUT2D eigenvalue weighted by Crippen LogP contribution is -1.95. The molecule has 4 heterocycles. The summed E-state index contributed by atoms with van der Waals surface area (Å²) in [6.45, 7) is 0. The molecular weight excluding hydrogens is 356 g/mol. The molecule has 0 saturated carbocycles. The lowest BCUT2D eigenvalue weighted by atomic mass is 10.0. The van der Waals surface area contributed by atoms with Crippen LogP contribution in [0.4, 0.5) is 0 Å². The normalized spacial score (nSPS) is 11.9. The number of aromatic hydroxyl groups is 1. The number of benzene rings is 2. The lowest BCUT2D eigenvalue weighted by Gasteiger charge is -2.06. The zero-order valence-electron chi connectivity index (χ0n) is 14.4. The molecule has 3 N–H and O–H groups in total. The van der Waals surface area contributed by atoms with E-state index < -0.39 is 11.2 Å². The van der Waals surface area contributed by atoms with Gasteiger partial charge in [-0.3, -0.25) is 14.9 Å². The summed E-state index contributed by atoms with van der Waals surface area (Å²) < 4.78 is 5.98. The van der Waals surface area contributed by atoms with Crippen LogP contribution in [-0.2, 0) is 0 Å². The molecule has 28 heavy (non-hydrogen) atoms. The van der Waals surface area contributed by atoms with Crippen molar-refractivity contribution in [1.29, 1.82) is 0 Å². The first kappa shape index (κ1) is 15.0. The van der Waals surface area contributed by atoms with Crippen LogP contribution in [0, 0.1) is 0 Å². The predicted molar refractivity (Wildman–Crippen MR) is 106 cm³/mol. The minimum atomic E-state index is -0.483. The highest BCUT2D eigenvalue weighted by Crippen LogP contribution is 2.40. The van der Waals surface area contributed by atoms with Gasteiger partial charge in [-0.15, -0.1) is 0 Å². The van der Waals surface area contributed by atoms with Crippen LogP contribution in [0.3, 0.4) is 0 Å². The van der Waals surface area contributed by atoms with E-state index in [4.69, 9.17) is 4.42 Å². The Morgan fingerprint density at radius 3 is 2.89 bits per heavy atom. The summed E-state index contributed by atoms with van der Waals surface area (Å²) in [4.78, 5) is 20.9. The van der Waals surface area contributed by atoms with Crippen LogP contribution < -0.4 is 5.43 Å². The number of phenolic OH excluding ortho intramolecular Hbond substituents is 1. The van der Waals surface area contributed by atoms with E-state index in [1.807, 2.05) is 36.5 Å². The van der Waals surface area contributed by atoms with E-state index in [1.165, 1.54) is 6.07 Å². The standard InChI is InChI=1S/C21H12N4O3/c26-15-6-4-12-17-20(28-19(12)18(15)27)16(13-9-23-25-21(13)24-17)11-3-5-14-10(8-11)2-1-7-22-14/h1-9,27H,(H2,23,24,25). The van der Waals surface area contributed by atoms with Crippen molar-refractivity contribution < 1.29 is 9.52 Å². The maximum absolute atomic E-state index is 11.8. The van der Waals surface area contributed by atoms with Crippen LogP contribution in [0.15, 0.2) is 64.1 Å². The number of hydrogen-bond donors (Lipinski definition) is 3. The number of aromatic amines is 2. The number of furan rings is 1. The molecule has 0 bridgehead atoms. The Bertz CT molecular complexity index is 1610. The second kappa shape index (κ2) is 5.20. The fourth-order valence-corrected chi connectivity index (χ4v) is 3.74. The van der Waals surface area contributed by atoms with Crippen LogP contribution >= 0.6 is 0 Å². The molecule has 0 amide bonds. The van der Waals surface area contributed by atoms with Crippen molar-refractivity contribution >= 4 is 44.0 Å². The van der Waals surface area contributed by atoms with Gasteiger partial charge in [-0.2, -0.15) is 0 Å². The van der Waals surface area contributed by atoms with Crippen molar-refractivity contribution in [1.82, 2.24) is 20.2 Å². The van der Waals surface area contributed by atoms with Crippen molar-refractivity contribution in [2.24, 2.45) is 0 Å². The first-order valence-corrected chi connectivity index (χ1v) is 8.70. The summed E-state index contributed by atoms with van der Waals surface area (Å²) in [5.41, 5.74) is 4.06. The van der Waals surface area contributed by atoms with E-state index in [1.54, 1.807) is 12.3 Å². The van der Waals surface area contributed by atoms with E-state index in [9.17, 15) is 9.90 Å². The Labute approximate surface area is 156 Å². The van der Waals surface area contributed by atoms with Crippen LogP contribution in [-0.4, -0.2) is 25.3 Å². The Balaban J connectivity index is 1.81. The molecule has 0 fully saturated rings. The zero-order valence-corrected chi connectivity index (χ0v) is 14.4. The Hall–Kier alpha value is -4.13. The van der Waals surface area contributed by atoms with E-state index in [-0.39, 0.29) is 5.58 Å². The molecule has 0 aliphatic heterocycles. The summed E-state index contributed by atoms with van der Waals surface area (Å²) in [6.07, 6.45) is 3.57. The van der Waals surface area contributed by atoms with Gasteiger partial charge in [0.15, 0.2) is 16.8 Å². The number of rotatable bonds is 1. The van der Waals surface area contributed by atoms with Gasteiger partial charge in [-0.1, -0.05) is 12.1 Å². The van der Waals surface area contributed by atoms with Crippen LogP contribution in [0.5, 0.6) is 5.75 Å². The van der Waals surface area contributed by atoms with Gasteiger partial charge in [0.05, 0.1) is 10.9 Å². The topological polar surface area (TPSA) is 108 Å². The molecule has 6 rings (SSSR count). The Kier molecular flexibility index (Phi) is 2.78. The predicted octanol–water partition coefficient (Wildman–Crippen LogP) is 4.07. The maximum atomic E-state index is 11.8. The van der Waals surface area contributed by atoms with Crippen molar-refractivity contribution in [3.05, 3.63) is 65.1 Å². The lowest BCUT2D eigenvalue weighted by molar-refractivity contribution is 0.464. The number of pyridine rings is 2. The number of hydrogen-bond acceptors (Lipinski definition) is 5. The molecule has 0 aliphatic rings. The van der Waals surface area contributed by atoms with Gasteiger partial charge in [-0.05, 0) is 35.9 Å². The van der Waals surface area contributed by atoms with Crippen molar-refractivity contribution in [2.75, 3.05) is 0 Å². The zero-order chi connectivity index (χ0) is 18.8. The van der Waals surface area contributed by atoms with E-state index in [2.05, 4.69) is 20.2 Å². The third-order valence-corrected chi connectivity index (χ3v) is 5.04. The number of fused-ring (bicyclic) bond motifs is 5. The van der Waals surface area contributed by atoms with Gasteiger partial charge in [-0.25, -0.2) is 4.98 Å². The van der Waals surface area contributed by atoms with Crippen molar-refractivity contribution in [3.8, 4) is 16.9 Å². The molecule has 7 heteroatoms. The minimum absolute atomic E-state index is 0.148. The fraction of sp³-hybridized carbons (Fsp3) is 0. The van der Waals surface area contributed by atoms with Crippen molar-refractivity contribution in [3.63, 3.8) is 0 Å². The molecule has 4 aromatic heterocycles. The molecule has 0 atom stereocenters. The van der Waals surface area contributed by atoms with Gasteiger partial charge >= 0.3 is 0 Å². The fourth-order valence-electron chi connectivity index (χ4n) is 3.74. The molecule has 0 radical (unpaired) electrons. The Morgan fingerprint density at radius 1 is 1.04 bits per heavy atom. The number of nitrogens with zero attached hydrogens (tertiary/aromatic N) is 2. The highest BCUT2D eigenvalue weighted by molar-refractivity contribution is 6.15. The van der Waals surface area contributed by atoms with Gasteiger partial charge in [0.25, 0.3) is 0 Å². The monoisotopic (exact) mass is 368 g/mol. The third kappa shape index (κ3) is 1.90. The van der Waals surface area contributed by atoms with Crippen molar-refractivity contribution in [2.45, 2.75) is 0 Å². The molecule has 134 valence electrons. The average Bonchev–Trinajstić information content (AvgIpc) is 3.33. The summed E-state index contributed by atoms with van der Waals surface area (Å²) >= 11 is 0.